The van der Waals surface area contributed by atoms with Crippen molar-refractivity contribution in [1.29, 1.82) is 0 Å². The first-order valence-corrected chi connectivity index (χ1v) is 12.4. The first kappa shape index (κ1) is 25.6. The van der Waals surface area contributed by atoms with Gasteiger partial charge in [-0.15, -0.1) is 0 Å². The van der Waals surface area contributed by atoms with Crippen LogP contribution in [0.5, 0.6) is 0 Å². The molecule has 1 N–H and O–H groups in total. The number of nitrogens with one attached hydrogen (secondary N) is 1. The van der Waals surface area contributed by atoms with Crippen LogP contribution in [0.4, 0.5) is 23.7 Å². The number of piperidine rings is 1. The lowest BCUT2D eigenvalue weighted by Gasteiger charge is -2.32. The first-order chi connectivity index (χ1) is 16.6. The Balaban J connectivity index is 1.22. The van der Waals surface area contributed by atoms with E-state index in [4.69, 9.17) is 11.6 Å². The van der Waals surface area contributed by atoms with E-state index in [1.54, 1.807) is 4.90 Å². The molecule has 2 saturated heterocycles. The lowest BCUT2D eigenvalue weighted by atomic mass is 9.93. The quantitative estimate of drug-likeness (QED) is 0.624. The molecule has 7 nitrogen and oxygen atoms in total. The minimum atomic E-state index is -4.58. The Bertz CT molecular complexity index is 973. The molecule has 1 aromatic rings. The summed E-state index contributed by atoms with van der Waals surface area (Å²) in [4.78, 5) is 42.7. The number of alkyl halides is 3. The molecule has 3 aliphatic rings. The van der Waals surface area contributed by atoms with E-state index in [2.05, 4.69) is 5.32 Å². The summed E-state index contributed by atoms with van der Waals surface area (Å²) in [6.45, 7) is 2.93. The normalized spacial score (nSPS) is 20.1. The van der Waals surface area contributed by atoms with Gasteiger partial charge in [-0.05, 0) is 55.7 Å². The molecule has 0 aromatic heterocycles. The van der Waals surface area contributed by atoms with Gasteiger partial charge in [-0.2, -0.15) is 13.2 Å². The number of hydrogen-bond acceptors (Lipinski definition) is 3. The van der Waals surface area contributed by atoms with E-state index in [1.165, 1.54) is 17.7 Å². The van der Waals surface area contributed by atoms with Crippen molar-refractivity contribution in [2.45, 2.75) is 51.1 Å². The van der Waals surface area contributed by atoms with Gasteiger partial charge in [-0.25, -0.2) is 4.79 Å². The summed E-state index contributed by atoms with van der Waals surface area (Å²) in [6.07, 6.45) is 1.31. The van der Waals surface area contributed by atoms with Gasteiger partial charge < -0.3 is 20.0 Å². The molecule has 35 heavy (non-hydrogen) atoms. The number of carbonyl (C=O) groups is 3. The topological polar surface area (TPSA) is 73.0 Å². The molecule has 1 aliphatic carbocycles. The Labute approximate surface area is 207 Å². The van der Waals surface area contributed by atoms with Gasteiger partial charge in [0.15, 0.2) is 0 Å². The molecule has 2 aliphatic heterocycles. The third-order valence-electron chi connectivity index (χ3n) is 7.35. The molecule has 1 aromatic carbocycles. The van der Waals surface area contributed by atoms with Crippen LogP contribution < -0.4 is 5.32 Å². The maximum atomic E-state index is 12.9. The molecule has 4 rings (SSSR count). The van der Waals surface area contributed by atoms with Gasteiger partial charge in [-0.1, -0.05) is 11.6 Å². The summed E-state index contributed by atoms with van der Waals surface area (Å²) in [5, 5.41) is 2.05. The third kappa shape index (κ3) is 6.39. The van der Waals surface area contributed by atoms with Crippen LogP contribution in [0.1, 0.15) is 50.5 Å². The molecule has 1 spiro atoms. The average molecular weight is 515 g/mol. The number of nitrogens with zero attached hydrogens (tertiary/aromatic N) is 3. The van der Waals surface area contributed by atoms with Crippen LogP contribution in [0.2, 0.25) is 5.02 Å². The standard InChI is InChI=1S/C24H30ClF3N4O3/c25-19-16-17(3-4-18(19)24(26,27)28)29-22(35)32-11-5-21(34)30(14-15-32)10-1-2-20(33)31-12-8-23(6-7-23)9-13-31/h3-4,16H,1-2,5-15H2,(H,29,35). The van der Waals surface area contributed by atoms with Gasteiger partial charge in [0.05, 0.1) is 10.6 Å². The van der Waals surface area contributed by atoms with Crippen LogP contribution in [0.25, 0.3) is 0 Å². The number of rotatable bonds is 5. The molecule has 192 valence electrons. The van der Waals surface area contributed by atoms with Crippen LogP contribution in [0, 0.1) is 5.41 Å². The number of carbonyl (C=O) groups excluding carboxylic acids is 3. The fourth-order valence-electron chi connectivity index (χ4n) is 4.82. The highest BCUT2D eigenvalue weighted by molar-refractivity contribution is 6.31. The first-order valence-electron chi connectivity index (χ1n) is 12.0. The van der Waals surface area contributed by atoms with Crippen molar-refractivity contribution in [2.75, 3.05) is 44.6 Å². The highest BCUT2D eigenvalue weighted by Gasteiger charge is 2.45. The molecule has 0 bridgehead atoms. The molecule has 0 unspecified atom stereocenters. The van der Waals surface area contributed by atoms with E-state index in [0.717, 1.165) is 44.1 Å². The van der Waals surface area contributed by atoms with Crippen molar-refractivity contribution in [2.24, 2.45) is 5.41 Å². The molecular weight excluding hydrogens is 485 g/mol. The largest absolute Gasteiger partial charge is 0.417 e. The van der Waals surface area contributed by atoms with Crippen LogP contribution in [-0.4, -0.2) is 71.8 Å². The molecular formula is C24H30ClF3N4O3. The number of benzene rings is 1. The second-order valence-corrected chi connectivity index (χ2v) is 10.1. The molecule has 1 saturated carbocycles. The molecule has 0 radical (unpaired) electrons. The lowest BCUT2D eigenvalue weighted by molar-refractivity contribution is -0.137. The number of anilines is 1. The average Bonchev–Trinajstić information content (AvgIpc) is 3.57. The van der Waals surface area contributed by atoms with Crippen molar-refractivity contribution in [1.82, 2.24) is 14.7 Å². The number of urea groups is 1. The Morgan fingerprint density at radius 1 is 1.00 bits per heavy atom. The number of hydrogen-bond donors (Lipinski definition) is 1. The molecule has 11 heteroatoms. The predicted molar refractivity (Wildman–Crippen MR) is 125 cm³/mol. The van der Waals surface area contributed by atoms with Crippen LogP contribution in [-0.2, 0) is 15.8 Å². The van der Waals surface area contributed by atoms with Crippen molar-refractivity contribution < 1.29 is 27.6 Å². The molecule has 0 atom stereocenters. The number of likely N-dealkylation sites (tertiary alicyclic amines) is 1. The van der Waals surface area contributed by atoms with Gasteiger partial charge in [0, 0.05) is 57.8 Å². The van der Waals surface area contributed by atoms with E-state index in [-0.39, 0.29) is 37.0 Å². The maximum Gasteiger partial charge on any atom is 0.417 e. The van der Waals surface area contributed by atoms with Crippen LogP contribution >= 0.6 is 11.6 Å². The zero-order valence-corrected chi connectivity index (χ0v) is 20.3. The van der Waals surface area contributed by atoms with E-state index in [1.807, 2.05) is 4.90 Å². The highest BCUT2D eigenvalue weighted by atomic mass is 35.5. The van der Waals surface area contributed by atoms with Gasteiger partial charge in [-0.3, -0.25) is 9.59 Å². The predicted octanol–water partition coefficient (Wildman–Crippen LogP) is 4.61. The lowest BCUT2D eigenvalue weighted by Crippen LogP contribution is -2.40. The van der Waals surface area contributed by atoms with Crippen molar-refractivity contribution in [3.05, 3.63) is 28.8 Å². The Kier molecular flexibility index (Phi) is 7.49. The van der Waals surface area contributed by atoms with Crippen LogP contribution in [0.3, 0.4) is 0 Å². The van der Waals surface area contributed by atoms with Gasteiger partial charge >= 0.3 is 12.2 Å². The van der Waals surface area contributed by atoms with E-state index >= 15 is 0 Å². The Morgan fingerprint density at radius 2 is 1.71 bits per heavy atom. The summed E-state index contributed by atoms with van der Waals surface area (Å²) in [7, 11) is 0. The minimum Gasteiger partial charge on any atom is -0.343 e. The molecule has 4 amide bonds. The third-order valence-corrected chi connectivity index (χ3v) is 7.67. The minimum absolute atomic E-state index is 0.0843. The fraction of sp³-hybridized carbons (Fsp3) is 0.625. The maximum absolute atomic E-state index is 12.9. The van der Waals surface area contributed by atoms with E-state index < -0.39 is 22.8 Å². The number of amides is 4. The Morgan fingerprint density at radius 3 is 2.34 bits per heavy atom. The summed E-state index contributed by atoms with van der Waals surface area (Å²) in [5.74, 6) is 0.0537. The zero-order valence-electron chi connectivity index (χ0n) is 19.5. The van der Waals surface area contributed by atoms with E-state index in [0.29, 0.717) is 31.3 Å². The van der Waals surface area contributed by atoms with Crippen molar-refractivity contribution in [3.8, 4) is 0 Å². The van der Waals surface area contributed by atoms with Crippen LogP contribution in [0.15, 0.2) is 18.2 Å². The number of halogens is 4. The molecule has 2 heterocycles. The van der Waals surface area contributed by atoms with E-state index in [9.17, 15) is 27.6 Å². The Hall–Kier alpha value is -2.49. The second kappa shape index (κ2) is 10.2. The SMILES string of the molecule is O=C1CCN(C(=O)Nc2ccc(C(F)(F)F)c(Cl)c2)CCN1CCCC(=O)N1CCC2(CC1)CC2. The summed E-state index contributed by atoms with van der Waals surface area (Å²) >= 11 is 5.72. The van der Waals surface area contributed by atoms with Gasteiger partial charge in [0.1, 0.15) is 0 Å². The second-order valence-electron chi connectivity index (χ2n) is 9.72. The summed E-state index contributed by atoms with van der Waals surface area (Å²) < 4.78 is 38.6. The fourth-order valence-corrected chi connectivity index (χ4v) is 5.11. The van der Waals surface area contributed by atoms with Crippen molar-refractivity contribution in [3.63, 3.8) is 0 Å². The summed E-state index contributed by atoms with van der Waals surface area (Å²) in [6, 6.07) is 2.51. The van der Waals surface area contributed by atoms with Gasteiger partial charge in [0.25, 0.3) is 0 Å². The van der Waals surface area contributed by atoms with Gasteiger partial charge in [0.2, 0.25) is 11.8 Å². The monoisotopic (exact) mass is 514 g/mol. The summed E-state index contributed by atoms with van der Waals surface area (Å²) in [5.41, 5.74) is -0.310. The zero-order chi connectivity index (χ0) is 25.2. The highest BCUT2D eigenvalue weighted by Crippen LogP contribution is 2.53. The molecule has 3 fully saturated rings. The van der Waals surface area contributed by atoms with Crippen molar-refractivity contribution >= 4 is 35.1 Å². The smallest absolute Gasteiger partial charge is 0.343 e.